The fourth-order valence-electron chi connectivity index (χ4n) is 3.58. The maximum absolute atomic E-state index is 12.8. The van der Waals surface area contributed by atoms with E-state index in [1.807, 2.05) is 61.8 Å². The Morgan fingerprint density at radius 3 is 2.69 bits per heavy atom. The van der Waals surface area contributed by atoms with Gasteiger partial charge in [-0.3, -0.25) is 9.48 Å². The molecule has 3 aromatic carbocycles. The van der Waals surface area contributed by atoms with E-state index in [1.165, 1.54) is 0 Å². The summed E-state index contributed by atoms with van der Waals surface area (Å²) in [6.45, 7) is 0.151. The Balaban J connectivity index is 1.55. The molecule has 32 heavy (non-hydrogen) atoms. The molecule has 4 aromatic rings. The molecule has 0 aliphatic carbocycles. The van der Waals surface area contributed by atoms with Crippen molar-refractivity contribution in [3.8, 4) is 35.0 Å². The number of nitrogens with zero attached hydrogens (tertiary/aromatic N) is 2. The lowest BCUT2D eigenvalue weighted by Gasteiger charge is -2.11. The number of carbonyl (C=O) groups is 1. The maximum atomic E-state index is 12.8. The molecule has 6 heteroatoms. The Bertz CT molecular complexity index is 1320. The van der Waals surface area contributed by atoms with E-state index in [-0.39, 0.29) is 18.9 Å². The van der Waals surface area contributed by atoms with Gasteiger partial charge in [0, 0.05) is 18.8 Å². The molecule has 1 heterocycles. The zero-order valence-electron chi connectivity index (χ0n) is 18.0. The van der Waals surface area contributed by atoms with Crippen molar-refractivity contribution in [3.63, 3.8) is 0 Å². The predicted octanol–water partition coefficient (Wildman–Crippen LogP) is 4.44. The number of amides is 1. The molecule has 0 spiro atoms. The molecule has 0 unspecified atom stereocenters. The number of nitrogens with one attached hydrogen (secondary N) is 1. The van der Waals surface area contributed by atoms with Gasteiger partial charge in [-0.15, -0.1) is 6.42 Å². The van der Waals surface area contributed by atoms with Crippen molar-refractivity contribution in [2.75, 3.05) is 19.0 Å². The zero-order chi connectivity index (χ0) is 22.5. The summed E-state index contributed by atoms with van der Waals surface area (Å²) in [5.74, 6) is 3.89. The summed E-state index contributed by atoms with van der Waals surface area (Å²) in [5, 5.41) is 9.63. The monoisotopic (exact) mass is 425 g/mol. The number of ether oxygens (including phenoxy) is 2. The largest absolute Gasteiger partial charge is 0.493 e. The number of benzene rings is 3. The molecule has 0 saturated heterocycles. The molecule has 6 nitrogen and oxygen atoms in total. The fraction of sp³-hybridized carbons (Fsp3) is 0.154. The van der Waals surface area contributed by atoms with Gasteiger partial charge in [-0.2, -0.15) is 5.10 Å². The van der Waals surface area contributed by atoms with Crippen LogP contribution in [-0.2, 0) is 18.3 Å². The van der Waals surface area contributed by atoms with Gasteiger partial charge in [0.05, 0.1) is 13.5 Å². The van der Waals surface area contributed by atoms with Crippen LogP contribution in [0.25, 0.3) is 21.9 Å². The Labute approximate surface area is 186 Å². The number of fused-ring (bicyclic) bond motifs is 1. The zero-order valence-corrected chi connectivity index (χ0v) is 18.0. The Morgan fingerprint density at radius 1 is 1.09 bits per heavy atom. The molecule has 1 N–H and O–H groups in total. The first-order chi connectivity index (χ1) is 15.6. The van der Waals surface area contributed by atoms with E-state index in [0.717, 1.165) is 27.5 Å². The van der Waals surface area contributed by atoms with E-state index in [1.54, 1.807) is 17.9 Å². The van der Waals surface area contributed by atoms with Crippen LogP contribution < -0.4 is 14.8 Å². The van der Waals surface area contributed by atoms with E-state index < -0.39 is 0 Å². The van der Waals surface area contributed by atoms with Crippen LogP contribution in [0.5, 0.6) is 11.5 Å². The van der Waals surface area contributed by atoms with Crippen LogP contribution in [0.3, 0.4) is 0 Å². The summed E-state index contributed by atoms with van der Waals surface area (Å²) in [7, 11) is 3.38. The Hall–Kier alpha value is -4.24. The normalized spacial score (nSPS) is 10.5. The number of aromatic nitrogens is 2. The summed E-state index contributed by atoms with van der Waals surface area (Å²) < 4.78 is 12.6. The van der Waals surface area contributed by atoms with Gasteiger partial charge in [-0.05, 0) is 34.0 Å². The lowest BCUT2D eigenvalue weighted by atomic mass is 10.0. The number of aryl methyl sites for hydroxylation is 1. The van der Waals surface area contributed by atoms with E-state index in [2.05, 4.69) is 22.4 Å². The van der Waals surface area contributed by atoms with Crippen molar-refractivity contribution in [1.82, 2.24) is 9.78 Å². The minimum Gasteiger partial charge on any atom is -0.493 e. The second kappa shape index (κ2) is 9.27. The lowest BCUT2D eigenvalue weighted by molar-refractivity contribution is -0.115. The van der Waals surface area contributed by atoms with Crippen molar-refractivity contribution in [2.24, 2.45) is 7.05 Å². The maximum Gasteiger partial charge on any atom is 0.230 e. The lowest BCUT2D eigenvalue weighted by Crippen LogP contribution is -2.15. The highest BCUT2D eigenvalue weighted by Gasteiger charge is 2.16. The molecular formula is C26H23N3O3. The van der Waals surface area contributed by atoms with Crippen molar-refractivity contribution in [2.45, 2.75) is 6.42 Å². The molecule has 0 saturated carbocycles. The number of anilines is 1. The summed E-state index contributed by atoms with van der Waals surface area (Å²) in [6.07, 6.45) is 7.38. The third kappa shape index (κ3) is 4.57. The summed E-state index contributed by atoms with van der Waals surface area (Å²) in [6, 6.07) is 19.6. The SMILES string of the molecule is C#CCOc1ccc(-c2cn(C)nc2NC(=O)Cc2ccc3ccccc3c2)cc1OC. The molecule has 0 bridgehead atoms. The molecule has 0 atom stereocenters. The van der Waals surface area contributed by atoms with Crippen molar-refractivity contribution in [1.29, 1.82) is 0 Å². The molecule has 1 aromatic heterocycles. The average molecular weight is 425 g/mol. The fourth-order valence-corrected chi connectivity index (χ4v) is 3.58. The van der Waals surface area contributed by atoms with E-state index in [9.17, 15) is 4.79 Å². The number of terminal acetylenes is 1. The molecule has 0 aliphatic heterocycles. The number of methoxy groups -OCH3 is 1. The Morgan fingerprint density at radius 2 is 1.91 bits per heavy atom. The van der Waals surface area contributed by atoms with Crippen molar-refractivity contribution < 1.29 is 14.3 Å². The second-order valence-electron chi connectivity index (χ2n) is 7.33. The first-order valence-corrected chi connectivity index (χ1v) is 10.1. The standard InChI is InChI=1S/C26H23N3O3/c1-4-13-32-23-12-11-21(16-24(23)31-3)22-17-29(2)28-26(22)27-25(30)15-18-9-10-19-7-5-6-8-20(19)14-18/h1,5-12,14,16-17H,13,15H2,2-3H3,(H,27,28,30). The third-order valence-corrected chi connectivity index (χ3v) is 5.05. The highest BCUT2D eigenvalue weighted by Crippen LogP contribution is 2.35. The third-order valence-electron chi connectivity index (χ3n) is 5.05. The van der Waals surface area contributed by atoms with E-state index in [4.69, 9.17) is 15.9 Å². The number of rotatable bonds is 7. The van der Waals surface area contributed by atoms with Crippen LogP contribution in [0, 0.1) is 12.3 Å². The Kier molecular flexibility index (Phi) is 6.09. The number of carbonyl (C=O) groups excluding carboxylic acids is 1. The smallest absolute Gasteiger partial charge is 0.230 e. The van der Waals surface area contributed by atoms with Gasteiger partial charge in [0.2, 0.25) is 5.91 Å². The summed E-state index contributed by atoms with van der Waals surface area (Å²) in [4.78, 5) is 12.8. The highest BCUT2D eigenvalue weighted by atomic mass is 16.5. The van der Waals surface area contributed by atoms with Crippen LogP contribution in [0.1, 0.15) is 5.56 Å². The molecule has 0 radical (unpaired) electrons. The van der Waals surface area contributed by atoms with Crippen LogP contribution in [-0.4, -0.2) is 29.4 Å². The first kappa shape index (κ1) is 21.0. The van der Waals surface area contributed by atoms with Crippen molar-refractivity contribution >= 4 is 22.5 Å². The van der Waals surface area contributed by atoms with Crippen LogP contribution in [0.4, 0.5) is 5.82 Å². The van der Waals surface area contributed by atoms with E-state index >= 15 is 0 Å². The van der Waals surface area contributed by atoms with Gasteiger partial charge >= 0.3 is 0 Å². The van der Waals surface area contributed by atoms with Gasteiger partial charge in [-0.1, -0.05) is 54.5 Å². The van der Waals surface area contributed by atoms with Crippen LogP contribution in [0.2, 0.25) is 0 Å². The van der Waals surface area contributed by atoms with E-state index in [0.29, 0.717) is 17.3 Å². The van der Waals surface area contributed by atoms with Gasteiger partial charge in [0.25, 0.3) is 0 Å². The quantitative estimate of drug-likeness (QED) is 0.445. The first-order valence-electron chi connectivity index (χ1n) is 10.1. The average Bonchev–Trinajstić information content (AvgIpc) is 3.17. The molecule has 0 fully saturated rings. The topological polar surface area (TPSA) is 65.4 Å². The minimum atomic E-state index is -0.138. The minimum absolute atomic E-state index is 0.138. The van der Waals surface area contributed by atoms with Crippen molar-refractivity contribution in [3.05, 3.63) is 72.4 Å². The molecule has 4 rings (SSSR count). The van der Waals surface area contributed by atoms with Gasteiger partial charge in [-0.25, -0.2) is 0 Å². The molecule has 160 valence electrons. The number of hydrogen-bond acceptors (Lipinski definition) is 4. The molecular weight excluding hydrogens is 402 g/mol. The van der Waals surface area contributed by atoms with Crippen LogP contribution in [0.15, 0.2) is 66.9 Å². The predicted molar refractivity (Wildman–Crippen MR) is 126 cm³/mol. The summed E-state index contributed by atoms with van der Waals surface area (Å²) >= 11 is 0. The summed E-state index contributed by atoms with van der Waals surface area (Å²) in [5.41, 5.74) is 2.56. The highest BCUT2D eigenvalue weighted by molar-refractivity contribution is 5.96. The molecule has 1 amide bonds. The van der Waals surface area contributed by atoms with Crippen LogP contribution >= 0.6 is 0 Å². The molecule has 0 aliphatic rings. The second-order valence-corrected chi connectivity index (χ2v) is 7.33. The van der Waals surface area contributed by atoms with Gasteiger partial charge < -0.3 is 14.8 Å². The van der Waals surface area contributed by atoms with Gasteiger partial charge in [0.1, 0.15) is 6.61 Å². The van der Waals surface area contributed by atoms with Gasteiger partial charge in [0.15, 0.2) is 17.3 Å². The number of hydrogen-bond donors (Lipinski definition) is 1.